The van der Waals surface area contributed by atoms with Crippen LogP contribution >= 0.6 is 0 Å². The molecule has 1 aromatic rings. The van der Waals surface area contributed by atoms with E-state index in [1.54, 1.807) is 0 Å². The van der Waals surface area contributed by atoms with Gasteiger partial charge in [0.25, 0.3) is 0 Å². The lowest BCUT2D eigenvalue weighted by Gasteiger charge is -2.25. The van der Waals surface area contributed by atoms with Gasteiger partial charge in [0.05, 0.1) is 17.8 Å². The van der Waals surface area contributed by atoms with Crippen LogP contribution in [0.3, 0.4) is 0 Å². The molecule has 4 nitrogen and oxygen atoms in total. The molecule has 1 aliphatic heterocycles. The number of carbonyl (C=O) groups is 1. The van der Waals surface area contributed by atoms with E-state index in [1.165, 1.54) is 32.1 Å². The number of hydrogen-bond acceptors (Lipinski definition) is 3. The van der Waals surface area contributed by atoms with Gasteiger partial charge in [-0.05, 0) is 30.5 Å². The predicted molar refractivity (Wildman–Crippen MR) is 73.7 cm³/mol. The Kier molecular flexibility index (Phi) is 2.86. The fourth-order valence-electron chi connectivity index (χ4n) is 2.89. The number of hydrogen-bond donors (Lipinski definition) is 3. The van der Waals surface area contributed by atoms with Gasteiger partial charge in [0.1, 0.15) is 0 Å². The van der Waals surface area contributed by atoms with Crippen molar-refractivity contribution in [1.82, 2.24) is 0 Å². The first kappa shape index (κ1) is 11.4. The molecule has 96 valence electrons. The van der Waals surface area contributed by atoms with E-state index in [9.17, 15) is 4.79 Å². The van der Waals surface area contributed by atoms with E-state index in [1.807, 2.05) is 12.1 Å². The van der Waals surface area contributed by atoms with E-state index in [0.717, 1.165) is 22.6 Å². The predicted octanol–water partition coefficient (Wildman–Crippen LogP) is 2.51. The summed E-state index contributed by atoms with van der Waals surface area (Å²) in [5.74, 6) is 0.0548. The molecule has 18 heavy (non-hydrogen) atoms. The lowest BCUT2D eigenvalue weighted by Crippen LogP contribution is -2.22. The number of fused-ring (bicyclic) bond motifs is 1. The van der Waals surface area contributed by atoms with Crippen LogP contribution in [0.25, 0.3) is 0 Å². The zero-order valence-electron chi connectivity index (χ0n) is 10.5. The molecule has 0 spiro atoms. The number of amides is 1. The van der Waals surface area contributed by atoms with Crippen molar-refractivity contribution in [3.63, 3.8) is 0 Å². The SMILES string of the molecule is Nc1cc2c(cc1NC1CCCCC1)NC(=O)C2. The molecule has 0 bridgehead atoms. The molecule has 1 fully saturated rings. The Hall–Kier alpha value is -1.71. The van der Waals surface area contributed by atoms with Crippen LogP contribution in [0.4, 0.5) is 17.1 Å². The monoisotopic (exact) mass is 245 g/mol. The van der Waals surface area contributed by atoms with Crippen molar-refractivity contribution in [1.29, 1.82) is 0 Å². The minimum absolute atomic E-state index is 0.0548. The van der Waals surface area contributed by atoms with Gasteiger partial charge in [0.2, 0.25) is 5.91 Å². The first-order chi connectivity index (χ1) is 8.72. The number of carbonyl (C=O) groups excluding carboxylic acids is 1. The van der Waals surface area contributed by atoms with Gasteiger partial charge in [-0.2, -0.15) is 0 Å². The number of anilines is 3. The third-order valence-electron chi connectivity index (χ3n) is 3.87. The Morgan fingerprint density at radius 2 is 2.00 bits per heavy atom. The second-order valence-electron chi connectivity index (χ2n) is 5.30. The molecular weight excluding hydrogens is 226 g/mol. The number of nitrogens with two attached hydrogens (primary N) is 1. The molecule has 1 aromatic carbocycles. The second kappa shape index (κ2) is 4.52. The summed E-state index contributed by atoms with van der Waals surface area (Å²) in [6.07, 6.45) is 6.79. The van der Waals surface area contributed by atoms with E-state index >= 15 is 0 Å². The highest BCUT2D eigenvalue weighted by atomic mass is 16.1. The van der Waals surface area contributed by atoms with Crippen molar-refractivity contribution in [2.45, 2.75) is 44.6 Å². The number of rotatable bonds is 2. The van der Waals surface area contributed by atoms with E-state index < -0.39 is 0 Å². The molecule has 1 saturated carbocycles. The molecule has 1 aliphatic carbocycles. The fraction of sp³-hybridized carbons (Fsp3) is 0.500. The van der Waals surface area contributed by atoms with E-state index in [-0.39, 0.29) is 5.91 Å². The van der Waals surface area contributed by atoms with Gasteiger partial charge in [-0.25, -0.2) is 0 Å². The summed E-state index contributed by atoms with van der Waals surface area (Å²) in [6.45, 7) is 0. The van der Waals surface area contributed by atoms with Gasteiger partial charge in [-0.1, -0.05) is 19.3 Å². The number of nitrogens with one attached hydrogen (secondary N) is 2. The molecule has 1 heterocycles. The van der Waals surface area contributed by atoms with E-state index in [4.69, 9.17) is 5.73 Å². The molecule has 0 saturated heterocycles. The van der Waals surface area contributed by atoms with Crippen LogP contribution in [0, 0.1) is 0 Å². The molecule has 0 unspecified atom stereocenters. The van der Waals surface area contributed by atoms with E-state index in [0.29, 0.717) is 12.5 Å². The largest absolute Gasteiger partial charge is 0.397 e. The van der Waals surface area contributed by atoms with E-state index in [2.05, 4.69) is 10.6 Å². The summed E-state index contributed by atoms with van der Waals surface area (Å²) in [4.78, 5) is 11.3. The molecule has 2 aliphatic rings. The maximum Gasteiger partial charge on any atom is 0.228 e. The Bertz CT molecular complexity index is 478. The third-order valence-corrected chi connectivity index (χ3v) is 3.87. The normalized spacial score (nSPS) is 19.4. The van der Waals surface area contributed by atoms with Gasteiger partial charge in [-0.15, -0.1) is 0 Å². The van der Waals surface area contributed by atoms with Crippen LogP contribution in [0.1, 0.15) is 37.7 Å². The van der Waals surface area contributed by atoms with Gasteiger partial charge in [0, 0.05) is 11.7 Å². The highest BCUT2D eigenvalue weighted by Crippen LogP contribution is 2.33. The quantitative estimate of drug-likeness (QED) is 0.701. The summed E-state index contributed by atoms with van der Waals surface area (Å²) in [7, 11) is 0. The number of benzene rings is 1. The molecule has 0 aromatic heterocycles. The molecule has 4 heteroatoms. The highest BCUT2D eigenvalue weighted by molar-refractivity contribution is 6.00. The van der Waals surface area contributed by atoms with Crippen molar-refractivity contribution in [2.24, 2.45) is 0 Å². The van der Waals surface area contributed by atoms with Crippen molar-refractivity contribution in [3.05, 3.63) is 17.7 Å². The summed E-state index contributed by atoms with van der Waals surface area (Å²) in [6, 6.07) is 4.42. The van der Waals surface area contributed by atoms with Crippen LogP contribution in [-0.4, -0.2) is 11.9 Å². The zero-order chi connectivity index (χ0) is 12.5. The Labute approximate surface area is 107 Å². The zero-order valence-corrected chi connectivity index (χ0v) is 10.5. The maximum absolute atomic E-state index is 11.3. The van der Waals surface area contributed by atoms with Crippen LogP contribution in [0.15, 0.2) is 12.1 Å². The Morgan fingerprint density at radius 3 is 2.78 bits per heavy atom. The lowest BCUT2D eigenvalue weighted by molar-refractivity contribution is -0.115. The van der Waals surface area contributed by atoms with Gasteiger partial charge in [-0.3, -0.25) is 4.79 Å². The highest BCUT2D eigenvalue weighted by Gasteiger charge is 2.20. The first-order valence-corrected chi connectivity index (χ1v) is 6.71. The number of nitrogen functional groups attached to an aromatic ring is 1. The van der Waals surface area contributed by atoms with Gasteiger partial charge < -0.3 is 16.4 Å². The van der Waals surface area contributed by atoms with Crippen LogP contribution < -0.4 is 16.4 Å². The van der Waals surface area contributed by atoms with Crippen LogP contribution in [0.2, 0.25) is 0 Å². The van der Waals surface area contributed by atoms with Crippen molar-refractivity contribution in [2.75, 3.05) is 16.4 Å². The van der Waals surface area contributed by atoms with Gasteiger partial charge >= 0.3 is 0 Å². The molecule has 3 rings (SSSR count). The van der Waals surface area contributed by atoms with Crippen molar-refractivity contribution in [3.8, 4) is 0 Å². The fourth-order valence-corrected chi connectivity index (χ4v) is 2.89. The summed E-state index contributed by atoms with van der Waals surface area (Å²) >= 11 is 0. The first-order valence-electron chi connectivity index (χ1n) is 6.71. The molecule has 4 N–H and O–H groups in total. The summed E-state index contributed by atoms with van der Waals surface area (Å²) < 4.78 is 0. The smallest absolute Gasteiger partial charge is 0.228 e. The average Bonchev–Trinajstić information content (AvgIpc) is 2.70. The van der Waals surface area contributed by atoms with Crippen molar-refractivity contribution < 1.29 is 4.79 Å². The molecule has 1 amide bonds. The molecular formula is C14H19N3O. The molecule has 0 radical (unpaired) electrons. The van der Waals surface area contributed by atoms with Crippen LogP contribution in [-0.2, 0) is 11.2 Å². The second-order valence-corrected chi connectivity index (χ2v) is 5.30. The lowest BCUT2D eigenvalue weighted by atomic mass is 9.95. The van der Waals surface area contributed by atoms with Crippen LogP contribution in [0.5, 0.6) is 0 Å². The molecule has 0 atom stereocenters. The maximum atomic E-state index is 11.3. The standard InChI is InChI=1S/C14H19N3O/c15-11-6-9-7-14(18)17-12(9)8-13(11)16-10-4-2-1-3-5-10/h6,8,10,16H,1-5,7,15H2,(H,17,18). The third kappa shape index (κ3) is 2.15. The topological polar surface area (TPSA) is 67.2 Å². The minimum atomic E-state index is 0.0548. The van der Waals surface area contributed by atoms with Crippen molar-refractivity contribution >= 4 is 23.0 Å². The average molecular weight is 245 g/mol. The van der Waals surface area contributed by atoms with Gasteiger partial charge in [0.15, 0.2) is 0 Å². The Balaban J connectivity index is 1.80. The summed E-state index contributed by atoms with van der Waals surface area (Å²) in [5, 5.41) is 6.39. The Morgan fingerprint density at radius 1 is 1.22 bits per heavy atom. The minimum Gasteiger partial charge on any atom is -0.397 e. The summed E-state index contributed by atoms with van der Waals surface area (Å²) in [5.41, 5.74) is 9.68.